The van der Waals surface area contributed by atoms with Crippen LogP contribution in [-0.4, -0.2) is 77.1 Å². The van der Waals surface area contributed by atoms with Crippen LogP contribution in [0.2, 0.25) is 6.32 Å². The zero-order chi connectivity index (χ0) is 19.6. The SMILES string of the molecule is O=BCCc1ccc(OC2CN(C(=O)[C@@H]3C[C@H](O)CN3)C2)c(C(=O)O)c1O. The number of aliphatic hydroxyl groups is 1. The molecule has 1 amide bonds. The quantitative estimate of drug-likeness (QED) is 0.464. The number of amides is 1. The van der Waals surface area contributed by atoms with Gasteiger partial charge in [0.1, 0.15) is 0 Å². The summed E-state index contributed by atoms with van der Waals surface area (Å²) in [6.45, 7) is 1.00. The third-order valence-corrected chi connectivity index (χ3v) is 4.83. The van der Waals surface area contributed by atoms with Crippen molar-refractivity contribution >= 4 is 19.0 Å². The molecule has 3 rings (SSSR count). The van der Waals surface area contributed by atoms with Crippen molar-refractivity contribution in [3.8, 4) is 11.5 Å². The van der Waals surface area contributed by atoms with Crippen LogP contribution >= 0.6 is 0 Å². The summed E-state index contributed by atoms with van der Waals surface area (Å²) in [5.74, 6) is -1.82. The number of carboxylic acid groups (broad SMARTS) is 1. The number of likely N-dealkylation sites (tertiary alicyclic amines) is 1. The van der Waals surface area contributed by atoms with Gasteiger partial charge in [0, 0.05) is 6.54 Å². The molecular formula is C17H21BN2O7. The monoisotopic (exact) mass is 376 g/mol. The van der Waals surface area contributed by atoms with E-state index in [1.54, 1.807) is 4.90 Å². The van der Waals surface area contributed by atoms with E-state index in [9.17, 15) is 29.6 Å². The molecular weight excluding hydrogens is 355 g/mol. The molecule has 0 radical (unpaired) electrons. The van der Waals surface area contributed by atoms with E-state index < -0.39 is 23.9 Å². The number of aryl methyl sites for hydroxylation is 1. The van der Waals surface area contributed by atoms with Crippen molar-refractivity contribution < 1.29 is 34.4 Å². The second kappa shape index (κ2) is 8.05. The molecule has 2 saturated heterocycles. The number of nitrogens with zero attached hydrogens (tertiary/aromatic N) is 1. The molecule has 2 aliphatic rings. The summed E-state index contributed by atoms with van der Waals surface area (Å²) in [6, 6.07) is 2.59. The Morgan fingerprint density at radius 1 is 1.33 bits per heavy atom. The van der Waals surface area contributed by atoms with Crippen molar-refractivity contribution in [1.82, 2.24) is 10.2 Å². The molecule has 0 bridgehead atoms. The minimum absolute atomic E-state index is 0.0290. The molecule has 2 fully saturated rings. The first kappa shape index (κ1) is 19.3. The van der Waals surface area contributed by atoms with Crippen molar-refractivity contribution in [2.75, 3.05) is 19.6 Å². The Labute approximate surface area is 156 Å². The topological polar surface area (TPSA) is 136 Å². The van der Waals surface area contributed by atoms with E-state index in [1.165, 1.54) is 12.1 Å². The predicted octanol–water partition coefficient (Wildman–Crippen LogP) is -0.587. The van der Waals surface area contributed by atoms with Gasteiger partial charge in [-0.1, -0.05) is 0 Å². The van der Waals surface area contributed by atoms with Crippen molar-refractivity contribution in [2.45, 2.75) is 37.4 Å². The first-order valence-corrected chi connectivity index (χ1v) is 8.79. The van der Waals surface area contributed by atoms with E-state index in [4.69, 9.17) is 4.74 Å². The van der Waals surface area contributed by atoms with Crippen LogP contribution in [0.4, 0.5) is 0 Å². The second-order valence-corrected chi connectivity index (χ2v) is 6.79. The summed E-state index contributed by atoms with van der Waals surface area (Å²) in [6.07, 6.45) is -0.108. The van der Waals surface area contributed by atoms with Gasteiger partial charge in [-0.15, -0.1) is 0 Å². The van der Waals surface area contributed by atoms with Gasteiger partial charge in [0.25, 0.3) is 0 Å². The van der Waals surface area contributed by atoms with Gasteiger partial charge in [-0.25, -0.2) is 0 Å². The van der Waals surface area contributed by atoms with Gasteiger partial charge < -0.3 is 10.4 Å². The van der Waals surface area contributed by atoms with E-state index in [-0.39, 0.29) is 36.1 Å². The number of ether oxygens (including phenoxy) is 1. The van der Waals surface area contributed by atoms with Crippen molar-refractivity contribution in [3.63, 3.8) is 0 Å². The number of aromatic hydroxyl groups is 1. The normalized spacial score (nSPS) is 22.2. The number of carbonyl (C=O) groups excluding carboxylic acids is 1. The van der Waals surface area contributed by atoms with Crippen molar-refractivity contribution in [3.05, 3.63) is 23.3 Å². The number of carboxylic acids is 1. The second-order valence-electron chi connectivity index (χ2n) is 6.79. The van der Waals surface area contributed by atoms with E-state index in [0.717, 1.165) is 0 Å². The van der Waals surface area contributed by atoms with Crippen LogP contribution in [0.5, 0.6) is 11.5 Å². The van der Waals surface area contributed by atoms with Crippen LogP contribution in [0.3, 0.4) is 0 Å². The maximum absolute atomic E-state index is 12.3. The van der Waals surface area contributed by atoms with Crippen LogP contribution in [-0.2, 0) is 15.9 Å². The number of carbonyl (C=O) groups is 2. The molecule has 10 heteroatoms. The molecule has 4 N–H and O–H groups in total. The van der Waals surface area contributed by atoms with E-state index >= 15 is 0 Å². The number of β-amino-alcohol motifs (C(OH)–C–C–N with tert-alkyl or cyclic N) is 1. The minimum atomic E-state index is -1.33. The molecule has 2 atom stereocenters. The molecule has 0 aromatic heterocycles. The third kappa shape index (κ3) is 4.11. The van der Waals surface area contributed by atoms with Gasteiger partial charge in [0.15, 0.2) is 0 Å². The standard InChI is InChI=1S/C17H21BN2O7/c21-10-5-12(19-6-10)16(23)20-7-11(8-20)27-13-2-1-9(3-4-18-26)15(22)14(13)17(24)25/h1-2,10-12,19,21-22H,3-8H2,(H,24,25)/t10-,12-/m0/s1. The van der Waals surface area contributed by atoms with Gasteiger partial charge in [-0.3, -0.25) is 0 Å². The first-order chi connectivity index (χ1) is 12.9. The Balaban J connectivity index is 1.63. The van der Waals surface area contributed by atoms with Crippen LogP contribution in [0, 0.1) is 0 Å². The number of phenols is 1. The number of rotatable bonds is 7. The van der Waals surface area contributed by atoms with Crippen molar-refractivity contribution in [2.24, 2.45) is 0 Å². The van der Waals surface area contributed by atoms with E-state index in [2.05, 4.69) is 5.32 Å². The molecule has 1 aromatic rings. The van der Waals surface area contributed by atoms with Crippen LogP contribution in [0.1, 0.15) is 22.3 Å². The average Bonchev–Trinajstić information content (AvgIpc) is 3.02. The molecule has 0 unspecified atom stereocenters. The zero-order valence-corrected chi connectivity index (χ0v) is 14.6. The summed E-state index contributed by atoms with van der Waals surface area (Å²) in [5.41, 5.74) is 0.0203. The molecule has 9 nitrogen and oxygen atoms in total. The Hall–Kier alpha value is -2.46. The Morgan fingerprint density at radius 2 is 2.07 bits per heavy atom. The van der Waals surface area contributed by atoms with E-state index in [1.807, 2.05) is 0 Å². The zero-order valence-electron chi connectivity index (χ0n) is 14.6. The fourth-order valence-electron chi connectivity index (χ4n) is 3.33. The third-order valence-electron chi connectivity index (χ3n) is 4.83. The molecule has 1 aromatic carbocycles. The number of aliphatic hydroxyl groups excluding tert-OH is 1. The number of hydrogen-bond acceptors (Lipinski definition) is 7. The fraction of sp³-hybridized carbons (Fsp3) is 0.529. The summed E-state index contributed by atoms with van der Waals surface area (Å²) < 4.78 is 16.2. The van der Waals surface area contributed by atoms with Gasteiger partial charge in [0.2, 0.25) is 0 Å². The maximum atomic E-state index is 12.3. The molecule has 27 heavy (non-hydrogen) atoms. The molecule has 144 valence electrons. The van der Waals surface area contributed by atoms with Gasteiger partial charge in [-0.05, 0) is 6.42 Å². The Bertz CT molecular complexity index is 751. The molecule has 0 saturated carbocycles. The van der Waals surface area contributed by atoms with E-state index in [0.29, 0.717) is 38.8 Å². The molecule has 0 aliphatic carbocycles. The Kier molecular flexibility index (Phi) is 5.76. The number of benzene rings is 1. The molecule has 2 heterocycles. The van der Waals surface area contributed by atoms with Crippen molar-refractivity contribution in [1.29, 1.82) is 0 Å². The van der Waals surface area contributed by atoms with Crippen LogP contribution in [0.15, 0.2) is 12.1 Å². The summed E-state index contributed by atoms with van der Waals surface area (Å²) in [4.78, 5) is 25.4. The van der Waals surface area contributed by atoms with Crippen LogP contribution < -0.4 is 10.1 Å². The summed E-state index contributed by atoms with van der Waals surface area (Å²) in [5, 5.41) is 32.1. The Morgan fingerprint density at radius 3 is 2.67 bits per heavy atom. The summed E-state index contributed by atoms with van der Waals surface area (Å²) in [7, 11) is 0.697. The molecule has 0 spiro atoms. The number of nitrogens with one attached hydrogen (secondary N) is 1. The number of aromatic carboxylic acids is 1. The number of hydrogen-bond donors (Lipinski definition) is 4. The van der Waals surface area contributed by atoms with Gasteiger partial charge in [0.05, 0.1) is 6.10 Å². The first-order valence-electron chi connectivity index (χ1n) is 8.79. The average molecular weight is 376 g/mol. The molecule has 2 aliphatic heterocycles. The van der Waals surface area contributed by atoms with Gasteiger partial charge >= 0.3 is 126 Å². The predicted molar refractivity (Wildman–Crippen MR) is 93.4 cm³/mol. The van der Waals surface area contributed by atoms with Gasteiger partial charge in [-0.2, -0.15) is 0 Å². The fourth-order valence-corrected chi connectivity index (χ4v) is 3.33. The summed E-state index contributed by atoms with van der Waals surface area (Å²) >= 11 is 0. The van der Waals surface area contributed by atoms with Crippen LogP contribution in [0.25, 0.3) is 0 Å².